The van der Waals surface area contributed by atoms with Crippen LogP contribution in [0.1, 0.15) is 30.1 Å². The molecule has 1 unspecified atom stereocenters. The van der Waals surface area contributed by atoms with Crippen LogP contribution in [0.2, 0.25) is 0 Å². The summed E-state index contributed by atoms with van der Waals surface area (Å²) < 4.78 is 10.2. The summed E-state index contributed by atoms with van der Waals surface area (Å²) in [6.45, 7) is 2.24. The van der Waals surface area contributed by atoms with E-state index in [9.17, 15) is 9.90 Å². The van der Waals surface area contributed by atoms with Crippen LogP contribution in [-0.2, 0) is 0 Å². The van der Waals surface area contributed by atoms with Crippen molar-refractivity contribution in [1.82, 2.24) is 5.32 Å². The largest absolute Gasteiger partial charge is 0.493 e. The highest BCUT2D eigenvalue weighted by Gasteiger charge is 2.11. The Morgan fingerprint density at radius 3 is 2.58 bits per heavy atom. The number of ether oxygens (including phenoxy) is 2. The maximum Gasteiger partial charge on any atom is 0.251 e. The number of hydrogen-bond donors (Lipinski definition) is 2. The van der Waals surface area contributed by atoms with Crippen molar-refractivity contribution >= 4 is 5.91 Å². The molecular formula is C14H21NO4. The minimum atomic E-state index is -0.505. The lowest BCUT2D eigenvalue weighted by Crippen LogP contribution is -2.31. The van der Waals surface area contributed by atoms with Gasteiger partial charge in [0.05, 0.1) is 20.3 Å². The van der Waals surface area contributed by atoms with Crippen LogP contribution < -0.4 is 14.8 Å². The zero-order chi connectivity index (χ0) is 14.3. The van der Waals surface area contributed by atoms with E-state index in [1.165, 1.54) is 7.11 Å². The first-order chi connectivity index (χ1) is 9.12. The van der Waals surface area contributed by atoms with Crippen molar-refractivity contribution in [3.05, 3.63) is 23.8 Å². The number of amides is 1. The van der Waals surface area contributed by atoms with Gasteiger partial charge in [-0.2, -0.15) is 0 Å². The van der Waals surface area contributed by atoms with E-state index < -0.39 is 6.10 Å². The van der Waals surface area contributed by atoms with Crippen molar-refractivity contribution in [2.24, 2.45) is 0 Å². The average molecular weight is 267 g/mol. The Balaban J connectivity index is 2.67. The first-order valence-corrected chi connectivity index (χ1v) is 6.30. The van der Waals surface area contributed by atoms with Gasteiger partial charge in [-0.05, 0) is 24.6 Å². The fourth-order valence-electron chi connectivity index (χ4n) is 1.73. The molecule has 0 saturated carbocycles. The molecule has 5 nitrogen and oxygen atoms in total. The molecule has 0 saturated heterocycles. The number of hydrogen-bond acceptors (Lipinski definition) is 4. The zero-order valence-corrected chi connectivity index (χ0v) is 11.6. The molecule has 5 heteroatoms. The van der Waals surface area contributed by atoms with E-state index in [1.54, 1.807) is 25.3 Å². The second-order valence-corrected chi connectivity index (χ2v) is 4.22. The lowest BCUT2D eigenvalue weighted by molar-refractivity contribution is 0.0909. The van der Waals surface area contributed by atoms with E-state index in [2.05, 4.69) is 5.32 Å². The van der Waals surface area contributed by atoms with Crippen molar-refractivity contribution in [2.45, 2.75) is 25.9 Å². The summed E-state index contributed by atoms with van der Waals surface area (Å²) >= 11 is 0. The molecular weight excluding hydrogens is 246 g/mol. The fraction of sp³-hybridized carbons (Fsp3) is 0.500. The highest BCUT2D eigenvalue weighted by Crippen LogP contribution is 2.27. The van der Waals surface area contributed by atoms with Gasteiger partial charge in [0, 0.05) is 12.1 Å². The average Bonchev–Trinajstić information content (AvgIpc) is 2.44. The predicted molar refractivity (Wildman–Crippen MR) is 72.8 cm³/mol. The molecule has 1 aromatic carbocycles. The van der Waals surface area contributed by atoms with Crippen molar-refractivity contribution in [3.63, 3.8) is 0 Å². The van der Waals surface area contributed by atoms with E-state index in [1.807, 2.05) is 6.92 Å². The molecule has 106 valence electrons. The summed E-state index contributed by atoms with van der Waals surface area (Å²) in [6.07, 6.45) is 1.05. The van der Waals surface area contributed by atoms with Crippen LogP contribution in [0.5, 0.6) is 11.5 Å². The number of nitrogens with one attached hydrogen (secondary N) is 1. The summed E-state index contributed by atoms with van der Waals surface area (Å²) in [4.78, 5) is 11.9. The third-order valence-corrected chi connectivity index (χ3v) is 2.77. The summed E-state index contributed by atoms with van der Waals surface area (Å²) in [5.41, 5.74) is 0.473. The number of methoxy groups -OCH3 is 2. The van der Waals surface area contributed by atoms with Crippen LogP contribution in [0, 0.1) is 0 Å². The quantitative estimate of drug-likeness (QED) is 0.787. The minimum Gasteiger partial charge on any atom is -0.493 e. The molecule has 1 amide bonds. The van der Waals surface area contributed by atoms with Gasteiger partial charge in [0.2, 0.25) is 0 Å². The Bertz CT molecular complexity index is 420. The Kier molecular flexibility index (Phi) is 6.15. The standard InChI is InChI=1S/C14H21NO4/c1-4-5-11(16)9-15-14(17)10-6-7-12(18-2)13(8-10)19-3/h6-8,11,16H,4-5,9H2,1-3H3,(H,15,17). The number of aliphatic hydroxyl groups excluding tert-OH is 1. The molecule has 0 aliphatic heterocycles. The second-order valence-electron chi connectivity index (χ2n) is 4.22. The van der Waals surface area contributed by atoms with E-state index in [4.69, 9.17) is 9.47 Å². The van der Waals surface area contributed by atoms with Crippen molar-refractivity contribution in [3.8, 4) is 11.5 Å². The third kappa shape index (κ3) is 4.44. The molecule has 1 rings (SSSR count). The SMILES string of the molecule is CCCC(O)CNC(=O)c1ccc(OC)c(OC)c1. The Hall–Kier alpha value is -1.75. The molecule has 0 radical (unpaired) electrons. The van der Waals surface area contributed by atoms with Crippen LogP contribution in [-0.4, -0.2) is 37.9 Å². The third-order valence-electron chi connectivity index (χ3n) is 2.77. The van der Waals surface area contributed by atoms with Gasteiger partial charge in [-0.15, -0.1) is 0 Å². The van der Waals surface area contributed by atoms with Crippen LogP contribution >= 0.6 is 0 Å². The first kappa shape index (κ1) is 15.3. The van der Waals surface area contributed by atoms with E-state index in [-0.39, 0.29) is 12.5 Å². The van der Waals surface area contributed by atoms with Crippen LogP contribution in [0.3, 0.4) is 0 Å². The molecule has 1 aromatic rings. The minimum absolute atomic E-state index is 0.240. The fourth-order valence-corrected chi connectivity index (χ4v) is 1.73. The Morgan fingerprint density at radius 2 is 2.00 bits per heavy atom. The van der Waals surface area contributed by atoms with Crippen LogP contribution in [0.25, 0.3) is 0 Å². The molecule has 0 spiro atoms. The Labute approximate surface area is 113 Å². The predicted octanol–water partition coefficient (Wildman–Crippen LogP) is 1.59. The van der Waals surface area contributed by atoms with Crippen LogP contribution in [0.15, 0.2) is 18.2 Å². The van der Waals surface area contributed by atoms with Crippen molar-refractivity contribution in [1.29, 1.82) is 0 Å². The van der Waals surface area contributed by atoms with Gasteiger partial charge >= 0.3 is 0 Å². The smallest absolute Gasteiger partial charge is 0.251 e. The summed E-state index contributed by atoms with van der Waals surface area (Å²) in [5.74, 6) is 0.838. The van der Waals surface area contributed by atoms with Gasteiger partial charge < -0.3 is 19.9 Å². The molecule has 2 N–H and O–H groups in total. The van der Waals surface area contributed by atoms with Crippen molar-refractivity contribution < 1.29 is 19.4 Å². The number of rotatable bonds is 7. The number of benzene rings is 1. The monoisotopic (exact) mass is 267 g/mol. The first-order valence-electron chi connectivity index (χ1n) is 6.30. The normalized spacial score (nSPS) is 11.8. The van der Waals surface area contributed by atoms with Gasteiger partial charge in [0.15, 0.2) is 11.5 Å². The molecule has 0 aliphatic rings. The van der Waals surface area contributed by atoms with Crippen molar-refractivity contribution in [2.75, 3.05) is 20.8 Å². The Morgan fingerprint density at radius 1 is 1.32 bits per heavy atom. The second kappa shape index (κ2) is 7.63. The maximum absolute atomic E-state index is 11.9. The highest BCUT2D eigenvalue weighted by molar-refractivity contribution is 5.94. The lowest BCUT2D eigenvalue weighted by Gasteiger charge is -2.12. The summed E-state index contributed by atoms with van der Waals surface area (Å²) in [5, 5.41) is 12.3. The molecule has 0 fully saturated rings. The summed E-state index contributed by atoms with van der Waals surface area (Å²) in [6, 6.07) is 4.94. The molecule has 0 heterocycles. The van der Waals surface area contributed by atoms with Gasteiger partial charge in [-0.1, -0.05) is 13.3 Å². The van der Waals surface area contributed by atoms with Crippen LogP contribution in [0.4, 0.5) is 0 Å². The number of carbonyl (C=O) groups excluding carboxylic acids is 1. The van der Waals surface area contributed by atoms with Gasteiger partial charge in [0.25, 0.3) is 5.91 Å². The molecule has 0 aromatic heterocycles. The molecule has 0 bridgehead atoms. The van der Waals surface area contributed by atoms with E-state index >= 15 is 0 Å². The zero-order valence-electron chi connectivity index (χ0n) is 11.6. The lowest BCUT2D eigenvalue weighted by atomic mass is 10.1. The topological polar surface area (TPSA) is 67.8 Å². The summed E-state index contributed by atoms with van der Waals surface area (Å²) in [7, 11) is 3.06. The van der Waals surface area contributed by atoms with E-state index in [0.29, 0.717) is 23.5 Å². The van der Waals surface area contributed by atoms with E-state index in [0.717, 1.165) is 6.42 Å². The molecule has 19 heavy (non-hydrogen) atoms. The van der Waals surface area contributed by atoms with Gasteiger partial charge in [-0.3, -0.25) is 4.79 Å². The van der Waals surface area contributed by atoms with Gasteiger partial charge in [-0.25, -0.2) is 0 Å². The maximum atomic E-state index is 11.9. The van der Waals surface area contributed by atoms with Gasteiger partial charge in [0.1, 0.15) is 0 Å². The molecule has 0 aliphatic carbocycles. The molecule has 1 atom stereocenters. The highest BCUT2D eigenvalue weighted by atomic mass is 16.5. The number of aliphatic hydroxyl groups is 1. The number of carbonyl (C=O) groups is 1.